The third-order valence-electron chi connectivity index (χ3n) is 13.1. The fraction of sp³-hybridized carbons (Fsp3) is 0.652. The van der Waals surface area contributed by atoms with Gasteiger partial charge in [0.2, 0.25) is 0 Å². The molecule has 0 fully saturated rings. The Morgan fingerprint density at radius 1 is 0.392 bits per heavy atom. The van der Waals surface area contributed by atoms with E-state index in [-0.39, 0.29) is 32.6 Å². The molecule has 79 heavy (non-hydrogen) atoms. The van der Waals surface area contributed by atoms with Crippen LogP contribution < -0.4 is 5.73 Å². The van der Waals surface area contributed by atoms with E-state index < -0.39 is 32.5 Å². The summed E-state index contributed by atoms with van der Waals surface area (Å²) in [6, 6.07) is 0. The molecular formula is C69H116NO8P. The summed E-state index contributed by atoms with van der Waals surface area (Å²) < 4.78 is 33.0. The molecule has 2 atom stereocenters. The number of unbranched alkanes of at least 4 members (excludes halogenated alkanes) is 23. The third kappa shape index (κ3) is 63.2. The molecule has 0 spiro atoms. The first-order chi connectivity index (χ1) is 38.8. The van der Waals surface area contributed by atoms with Gasteiger partial charge in [-0.15, -0.1) is 0 Å². The van der Waals surface area contributed by atoms with Crippen LogP contribution in [0.1, 0.15) is 258 Å². The average molecular weight is 1120 g/mol. The van der Waals surface area contributed by atoms with Crippen molar-refractivity contribution in [3.8, 4) is 0 Å². The lowest BCUT2D eigenvalue weighted by Crippen LogP contribution is -2.29. The SMILES string of the molecule is CC/C=C\C/C=C\C/C=C\C/C=C\C/C=C\C/C=C\C/C=C\C/C=C\C/C=C\C/C=C\C/C=C\CCCCCC(=O)OC(COC(=O)CCCCCCCCCCCCCCCCCCCCCCC)COP(=O)(O)OCCN. The molecule has 0 saturated heterocycles. The molecule has 0 saturated carbocycles. The molecule has 0 aromatic heterocycles. The first kappa shape index (κ1) is 75.2. The Morgan fingerprint density at radius 2 is 0.696 bits per heavy atom. The molecule has 0 amide bonds. The molecule has 0 heterocycles. The van der Waals surface area contributed by atoms with E-state index >= 15 is 0 Å². The molecule has 0 aliphatic heterocycles. The normalized spacial score (nSPS) is 13.9. The van der Waals surface area contributed by atoms with Crippen molar-refractivity contribution in [1.82, 2.24) is 0 Å². The minimum absolute atomic E-state index is 0.0421. The van der Waals surface area contributed by atoms with E-state index in [0.29, 0.717) is 6.42 Å². The maximum Gasteiger partial charge on any atom is 0.472 e. The van der Waals surface area contributed by atoms with Gasteiger partial charge in [-0.05, 0) is 96.3 Å². The molecule has 9 nitrogen and oxygen atoms in total. The predicted octanol–water partition coefficient (Wildman–Crippen LogP) is 20.5. The zero-order valence-electron chi connectivity index (χ0n) is 50.3. The highest BCUT2D eigenvalue weighted by Gasteiger charge is 2.26. The van der Waals surface area contributed by atoms with Crippen molar-refractivity contribution in [3.05, 3.63) is 134 Å². The maximum absolute atomic E-state index is 12.7. The van der Waals surface area contributed by atoms with Gasteiger partial charge >= 0.3 is 19.8 Å². The van der Waals surface area contributed by atoms with Crippen LogP contribution in [0.2, 0.25) is 0 Å². The van der Waals surface area contributed by atoms with Gasteiger partial charge in [0.1, 0.15) is 6.61 Å². The van der Waals surface area contributed by atoms with E-state index in [0.717, 1.165) is 109 Å². The Morgan fingerprint density at radius 3 is 1.04 bits per heavy atom. The van der Waals surface area contributed by atoms with Gasteiger partial charge in [-0.3, -0.25) is 18.6 Å². The molecule has 0 aliphatic rings. The Balaban J connectivity index is 4.06. The van der Waals surface area contributed by atoms with Gasteiger partial charge in [-0.1, -0.05) is 282 Å². The lowest BCUT2D eigenvalue weighted by atomic mass is 10.0. The quantitative estimate of drug-likeness (QED) is 0.0264. The molecule has 0 aromatic carbocycles. The van der Waals surface area contributed by atoms with Crippen LogP contribution in [0, 0.1) is 0 Å². The summed E-state index contributed by atoms with van der Waals surface area (Å²) in [6.07, 6.45) is 89.5. The summed E-state index contributed by atoms with van der Waals surface area (Å²) in [6.45, 7) is 3.60. The third-order valence-corrected chi connectivity index (χ3v) is 14.0. The van der Waals surface area contributed by atoms with E-state index in [4.69, 9.17) is 24.3 Å². The van der Waals surface area contributed by atoms with Crippen molar-refractivity contribution in [2.24, 2.45) is 5.73 Å². The van der Waals surface area contributed by atoms with Gasteiger partial charge in [0, 0.05) is 19.4 Å². The zero-order valence-corrected chi connectivity index (χ0v) is 51.2. The molecule has 0 aliphatic carbocycles. The fourth-order valence-corrected chi connectivity index (χ4v) is 9.17. The van der Waals surface area contributed by atoms with Gasteiger partial charge in [-0.2, -0.15) is 0 Å². The van der Waals surface area contributed by atoms with Crippen LogP contribution in [0.4, 0.5) is 0 Å². The number of phosphoric ester groups is 1. The molecule has 450 valence electrons. The van der Waals surface area contributed by atoms with E-state index in [1.165, 1.54) is 116 Å². The van der Waals surface area contributed by atoms with Gasteiger partial charge in [-0.25, -0.2) is 4.57 Å². The number of hydrogen-bond acceptors (Lipinski definition) is 8. The standard InChI is InChI=1S/C69H116NO8P/c1-3-5-7-9-11-13-15-17-19-21-23-25-26-27-28-29-30-31-32-33-34-35-36-37-38-39-40-42-44-46-48-50-52-54-56-58-60-62-69(72)78-67(66-77-79(73,74)76-64-63-70)65-75-68(71)61-59-57-55-53-51-49-47-45-43-41-24-22-20-18-16-14-12-10-8-6-4-2/h5,7,11,13,17,19,23,25,27-28,30-31,33-34,36-37,39-40,44,46,50,52,67H,3-4,6,8-10,12,14-16,18,20-22,24,26,29,32,35,38,41-43,45,47-49,51,53-66,70H2,1-2H3,(H,73,74)/b7-5-,13-11-,19-17-,25-23-,28-27-,31-30-,34-33-,37-36-,40-39-,46-44-,52-50-. The largest absolute Gasteiger partial charge is 0.472 e. The fourth-order valence-electron chi connectivity index (χ4n) is 8.41. The van der Waals surface area contributed by atoms with Crippen LogP contribution in [0.5, 0.6) is 0 Å². The number of hydrogen-bond donors (Lipinski definition) is 2. The summed E-state index contributed by atoms with van der Waals surface area (Å²) >= 11 is 0. The summed E-state index contributed by atoms with van der Waals surface area (Å²) in [5.41, 5.74) is 5.38. The first-order valence-electron chi connectivity index (χ1n) is 31.7. The van der Waals surface area contributed by atoms with Gasteiger partial charge in [0.15, 0.2) is 6.10 Å². The van der Waals surface area contributed by atoms with Crippen LogP contribution >= 0.6 is 7.82 Å². The zero-order chi connectivity index (χ0) is 57.3. The Labute approximate surface area is 484 Å². The second kappa shape index (κ2) is 63.3. The van der Waals surface area contributed by atoms with Crippen LogP contribution in [0.3, 0.4) is 0 Å². The molecule has 3 N–H and O–H groups in total. The average Bonchev–Trinajstić information content (AvgIpc) is 3.44. The monoisotopic (exact) mass is 1120 g/mol. The highest BCUT2D eigenvalue weighted by molar-refractivity contribution is 7.47. The predicted molar refractivity (Wildman–Crippen MR) is 339 cm³/mol. The number of rotatable bonds is 58. The van der Waals surface area contributed by atoms with E-state index in [1.807, 2.05) is 0 Å². The van der Waals surface area contributed by atoms with Crippen molar-refractivity contribution < 1.29 is 37.6 Å². The highest BCUT2D eigenvalue weighted by atomic mass is 31.2. The van der Waals surface area contributed by atoms with E-state index in [2.05, 4.69) is 148 Å². The molecule has 10 heteroatoms. The van der Waals surface area contributed by atoms with Crippen molar-refractivity contribution in [3.63, 3.8) is 0 Å². The minimum atomic E-state index is -4.41. The van der Waals surface area contributed by atoms with Crippen LogP contribution in [0.15, 0.2) is 134 Å². The van der Waals surface area contributed by atoms with E-state index in [9.17, 15) is 19.0 Å². The maximum atomic E-state index is 12.7. The molecule has 0 bridgehead atoms. The van der Waals surface area contributed by atoms with Crippen molar-refractivity contribution in [2.75, 3.05) is 26.4 Å². The first-order valence-corrected chi connectivity index (χ1v) is 33.2. The second-order valence-electron chi connectivity index (χ2n) is 20.6. The van der Waals surface area contributed by atoms with Gasteiger partial charge < -0.3 is 20.1 Å². The molecule has 2 unspecified atom stereocenters. The highest BCUT2D eigenvalue weighted by Crippen LogP contribution is 2.43. The Hall–Kier alpha value is -3.85. The van der Waals surface area contributed by atoms with Crippen LogP contribution in [0.25, 0.3) is 0 Å². The van der Waals surface area contributed by atoms with Gasteiger partial charge in [0.05, 0.1) is 13.2 Å². The second-order valence-corrected chi connectivity index (χ2v) is 22.0. The molecule has 0 rings (SSSR count). The van der Waals surface area contributed by atoms with Crippen molar-refractivity contribution in [1.29, 1.82) is 0 Å². The summed E-state index contributed by atoms with van der Waals surface area (Å²) in [5.74, 6) is -0.867. The summed E-state index contributed by atoms with van der Waals surface area (Å²) in [5, 5.41) is 0. The Kier molecular flexibility index (Phi) is 60.2. The molecular weight excluding hydrogens is 1000 g/mol. The van der Waals surface area contributed by atoms with E-state index in [1.54, 1.807) is 0 Å². The van der Waals surface area contributed by atoms with Crippen molar-refractivity contribution >= 4 is 19.8 Å². The number of ether oxygens (including phenoxy) is 2. The lowest BCUT2D eigenvalue weighted by molar-refractivity contribution is -0.161. The number of nitrogens with two attached hydrogens (primary N) is 1. The smallest absolute Gasteiger partial charge is 0.462 e. The molecule has 0 aromatic rings. The lowest BCUT2D eigenvalue weighted by Gasteiger charge is -2.19. The summed E-state index contributed by atoms with van der Waals surface area (Å²) in [7, 11) is -4.41. The summed E-state index contributed by atoms with van der Waals surface area (Å²) in [4.78, 5) is 35.2. The van der Waals surface area contributed by atoms with Crippen molar-refractivity contribution in [2.45, 2.75) is 264 Å². The number of allylic oxidation sites excluding steroid dienone is 22. The van der Waals surface area contributed by atoms with Crippen LogP contribution in [-0.2, 0) is 32.7 Å². The number of phosphoric acid groups is 1. The number of carbonyl (C=O) groups excluding carboxylic acids is 2. The molecule has 0 radical (unpaired) electrons. The Bertz CT molecular complexity index is 1750. The topological polar surface area (TPSA) is 134 Å². The minimum Gasteiger partial charge on any atom is -0.462 e. The van der Waals surface area contributed by atoms with Gasteiger partial charge in [0.25, 0.3) is 0 Å². The van der Waals surface area contributed by atoms with Crippen LogP contribution in [-0.4, -0.2) is 49.3 Å². The number of carbonyl (C=O) groups is 2. The number of esters is 2.